The second-order valence-electron chi connectivity index (χ2n) is 3.29. The molecule has 0 aliphatic rings. The highest BCUT2D eigenvalue weighted by atomic mass is 19.1. The number of anilines is 1. The molecule has 0 bridgehead atoms. The lowest BCUT2D eigenvalue weighted by atomic mass is 10.2. The minimum atomic E-state index is -1.21. The van der Waals surface area contributed by atoms with Gasteiger partial charge in [0, 0.05) is 0 Å². The lowest BCUT2D eigenvalue weighted by Crippen LogP contribution is -2.15. The SMILES string of the molecule is C/C=C\COC(=O)Nc1cc(C(=O)O)ccc1F. The van der Waals surface area contributed by atoms with Crippen molar-refractivity contribution in [2.45, 2.75) is 6.92 Å². The highest BCUT2D eigenvalue weighted by Crippen LogP contribution is 2.16. The molecule has 0 aliphatic heterocycles. The number of amides is 1. The van der Waals surface area contributed by atoms with Crippen LogP contribution in [0.25, 0.3) is 0 Å². The highest BCUT2D eigenvalue weighted by molar-refractivity contribution is 5.91. The number of ether oxygens (including phenoxy) is 1. The molecule has 0 radical (unpaired) electrons. The molecule has 1 amide bonds. The Balaban J connectivity index is 2.74. The summed E-state index contributed by atoms with van der Waals surface area (Å²) in [6.07, 6.45) is 2.44. The van der Waals surface area contributed by atoms with E-state index in [1.54, 1.807) is 19.1 Å². The molecule has 0 heterocycles. The Morgan fingerprint density at radius 1 is 1.50 bits per heavy atom. The maximum atomic E-state index is 13.3. The summed E-state index contributed by atoms with van der Waals surface area (Å²) < 4.78 is 18.0. The average Bonchev–Trinajstić information content (AvgIpc) is 2.32. The first-order valence-corrected chi connectivity index (χ1v) is 5.12. The first kappa shape index (κ1) is 13.7. The van der Waals surface area contributed by atoms with Crippen molar-refractivity contribution in [3.8, 4) is 0 Å². The molecule has 0 fully saturated rings. The number of hydrogen-bond acceptors (Lipinski definition) is 3. The van der Waals surface area contributed by atoms with E-state index >= 15 is 0 Å². The molecular weight excluding hydrogens is 241 g/mol. The molecule has 1 rings (SSSR count). The monoisotopic (exact) mass is 253 g/mol. The summed E-state index contributed by atoms with van der Waals surface area (Å²) in [7, 11) is 0. The topological polar surface area (TPSA) is 75.6 Å². The number of carbonyl (C=O) groups is 2. The molecule has 0 unspecified atom stereocenters. The van der Waals surface area contributed by atoms with Crippen LogP contribution < -0.4 is 5.32 Å². The summed E-state index contributed by atoms with van der Waals surface area (Å²) in [6.45, 7) is 1.82. The second kappa shape index (κ2) is 6.39. The molecule has 1 aromatic carbocycles. The molecular formula is C12H12FNO4. The third kappa shape index (κ3) is 3.89. The van der Waals surface area contributed by atoms with Crippen LogP contribution in [-0.2, 0) is 4.74 Å². The molecule has 0 saturated carbocycles. The number of nitrogens with one attached hydrogen (secondary N) is 1. The number of carboxylic acid groups (broad SMARTS) is 1. The van der Waals surface area contributed by atoms with Gasteiger partial charge in [0.1, 0.15) is 12.4 Å². The Bertz CT molecular complexity index is 485. The van der Waals surface area contributed by atoms with Gasteiger partial charge in [-0.2, -0.15) is 0 Å². The van der Waals surface area contributed by atoms with Crippen molar-refractivity contribution in [1.82, 2.24) is 0 Å². The number of carboxylic acids is 1. The lowest BCUT2D eigenvalue weighted by molar-refractivity contribution is 0.0696. The number of halogens is 1. The molecule has 0 saturated heterocycles. The van der Waals surface area contributed by atoms with Gasteiger partial charge >= 0.3 is 12.1 Å². The van der Waals surface area contributed by atoms with Crippen molar-refractivity contribution in [2.75, 3.05) is 11.9 Å². The van der Waals surface area contributed by atoms with Gasteiger partial charge in [-0.3, -0.25) is 5.32 Å². The van der Waals surface area contributed by atoms with Gasteiger partial charge in [0.2, 0.25) is 0 Å². The van der Waals surface area contributed by atoms with Crippen LogP contribution in [0.1, 0.15) is 17.3 Å². The standard InChI is InChI=1S/C12H12FNO4/c1-2-3-6-18-12(17)14-10-7-8(11(15)16)4-5-9(10)13/h2-5,7H,6H2,1H3,(H,14,17)(H,15,16)/b3-2-. The van der Waals surface area contributed by atoms with Crippen LogP contribution in [0.3, 0.4) is 0 Å². The Morgan fingerprint density at radius 3 is 2.83 bits per heavy atom. The number of allylic oxidation sites excluding steroid dienone is 1. The number of rotatable bonds is 4. The van der Waals surface area contributed by atoms with Crippen molar-refractivity contribution in [2.24, 2.45) is 0 Å². The predicted octanol–water partition coefficient (Wildman–Crippen LogP) is 2.65. The van der Waals surface area contributed by atoms with Crippen molar-refractivity contribution in [3.63, 3.8) is 0 Å². The van der Waals surface area contributed by atoms with Crippen LogP contribution in [0.15, 0.2) is 30.4 Å². The van der Waals surface area contributed by atoms with Crippen molar-refractivity contribution >= 4 is 17.7 Å². The van der Waals surface area contributed by atoms with E-state index in [2.05, 4.69) is 5.32 Å². The zero-order valence-electron chi connectivity index (χ0n) is 9.64. The fourth-order valence-corrected chi connectivity index (χ4v) is 1.12. The molecule has 96 valence electrons. The normalized spacial score (nSPS) is 10.3. The minimum absolute atomic E-state index is 0.0581. The fourth-order valence-electron chi connectivity index (χ4n) is 1.12. The van der Waals surface area contributed by atoms with Crippen molar-refractivity contribution in [1.29, 1.82) is 0 Å². The van der Waals surface area contributed by atoms with Gasteiger partial charge in [0.15, 0.2) is 0 Å². The minimum Gasteiger partial charge on any atom is -0.478 e. The number of aromatic carboxylic acids is 1. The summed E-state index contributed by atoms with van der Waals surface area (Å²) >= 11 is 0. The molecule has 1 aromatic rings. The second-order valence-corrected chi connectivity index (χ2v) is 3.29. The maximum absolute atomic E-state index is 13.3. The smallest absolute Gasteiger partial charge is 0.412 e. The van der Waals surface area contributed by atoms with Crippen LogP contribution >= 0.6 is 0 Å². The van der Waals surface area contributed by atoms with Crippen LogP contribution in [-0.4, -0.2) is 23.8 Å². The lowest BCUT2D eigenvalue weighted by Gasteiger charge is -2.07. The zero-order valence-corrected chi connectivity index (χ0v) is 9.64. The first-order chi connectivity index (χ1) is 8.54. The van der Waals surface area contributed by atoms with Crippen molar-refractivity contribution < 1.29 is 23.8 Å². The average molecular weight is 253 g/mol. The highest BCUT2D eigenvalue weighted by Gasteiger charge is 2.11. The van der Waals surface area contributed by atoms with Crippen LogP contribution in [0.4, 0.5) is 14.9 Å². The Labute approximate surface area is 103 Å². The summed E-state index contributed by atoms with van der Waals surface area (Å²) in [4.78, 5) is 21.9. The summed E-state index contributed by atoms with van der Waals surface area (Å²) in [5, 5.41) is 10.9. The number of carbonyl (C=O) groups excluding carboxylic acids is 1. The molecule has 0 aliphatic carbocycles. The third-order valence-electron chi connectivity index (χ3n) is 2.00. The van der Waals surface area contributed by atoms with E-state index in [0.717, 1.165) is 18.2 Å². The van der Waals surface area contributed by atoms with Gasteiger partial charge in [-0.15, -0.1) is 0 Å². The van der Waals surface area contributed by atoms with Gasteiger partial charge < -0.3 is 9.84 Å². The Kier molecular flexibility index (Phi) is 4.86. The van der Waals surface area contributed by atoms with Gasteiger partial charge in [-0.1, -0.05) is 12.2 Å². The molecule has 2 N–H and O–H groups in total. The molecule has 18 heavy (non-hydrogen) atoms. The quantitative estimate of drug-likeness (QED) is 0.809. The zero-order chi connectivity index (χ0) is 13.5. The molecule has 0 spiro atoms. The maximum Gasteiger partial charge on any atom is 0.412 e. The molecule has 6 heteroatoms. The van der Waals surface area contributed by atoms with E-state index in [1.165, 1.54) is 0 Å². The van der Waals surface area contributed by atoms with E-state index in [4.69, 9.17) is 9.84 Å². The van der Waals surface area contributed by atoms with E-state index < -0.39 is 17.9 Å². The number of benzene rings is 1. The third-order valence-corrected chi connectivity index (χ3v) is 2.00. The van der Waals surface area contributed by atoms with Gasteiger partial charge in [0.25, 0.3) is 0 Å². The fraction of sp³-hybridized carbons (Fsp3) is 0.167. The Hall–Kier alpha value is -2.37. The van der Waals surface area contributed by atoms with Gasteiger partial charge in [-0.25, -0.2) is 14.0 Å². The largest absolute Gasteiger partial charge is 0.478 e. The molecule has 0 aromatic heterocycles. The summed E-state index contributed by atoms with van der Waals surface area (Å²) in [5.74, 6) is -1.94. The van der Waals surface area contributed by atoms with E-state index in [9.17, 15) is 14.0 Å². The predicted molar refractivity (Wildman–Crippen MR) is 63.1 cm³/mol. The number of hydrogen-bond donors (Lipinski definition) is 2. The van der Waals surface area contributed by atoms with Gasteiger partial charge in [0.05, 0.1) is 11.3 Å². The van der Waals surface area contributed by atoms with Crippen LogP contribution in [0.5, 0.6) is 0 Å². The van der Waals surface area contributed by atoms with Crippen molar-refractivity contribution in [3.05, 3.63) is 41.7 Å². The van der Waals surface area contributed by atoms with Crippen LogP contribution in [0, 0.1) is 5.82 Å². The first-order valence-electron chi connectivity index (χ1n) is 5.12. The van der Waals surface area contributed by atoms with E-state index in [0.29, 0.717) is 0 Å². The van der Waals surface area contributed by atoms with E-state index in [1.807, 2.05) is 0 Å². The van der Waals surface area contributed by atoms with Crippen LogP contribution in [0.2, 0.25) is 0 Å². The van der Waals surface area contributed by atoms with E-state index in [-0.39, 0.29) is 17.9 Å². The summed E-state index contributed by atoms with van der Waals surface area (Å²) in [5.41, 5.74) is -0.361. The molecule has 5 nitrogen and oxygen atoms in total. The molecule has 0 atom stereocenters. The Morgan fingerprint density at radius 2 is 2.22 bits per heavy atom. The van der Waals surface area contributed by atoms with Gasteiger partial charge in [-0.05, 0) is 25.1 Å². The summed E-state index contributed by atoms with van der Waals surface area (Å²) in [6, 6.07) is 3.09.